The van der Waals surface area contributed by atoms with Crippen LogP contribution in [0.3, 0.4) is 0 Å². The molecule has 1 aromatic heterocycles. The molecule has 0 aliphatic carbocycles. The lowest BCUT2D eigenvalue weighted by Gasteiger charge is -2.27. The number of benzene rings is 1. The van der Waals surface area contributed by atoms with E-state index in [1.807, 2.05) is 62.0 Å². The van der Waals surface area contributed by atoms with E-state index < -0.39 is 0 Å². The molecule has 0 radical (unpaired) electrons. The van der Waals surface area contributed by atoms with Gasteiger partial charge in [0, 0.05) is 44.8 Å². The first-order valence-corrected chi connectivity index (χ1v) is 9.96. The fourth-order valence-electron chi connectivity index (χ4n) is 3.14. The van der Waals surface area contributed by atoms with Gasteiger partial charge in [-0.3, -0.25) is 4.79 Å². The second-order valence-electron chi connectivity index (χ2n) is 7.34. The van der Waals surface area contributed by atoms with Crippen LogP contribution in [-0.4, -0.2) is 59.7 Å². The number of urea groups is 1. The van der Waals surface area contributed by atoms with Gasteiger partial charge in [-0.2, -0.15) is 0 Å². The Bertz CT molecular complexity index is 875. The van der Waals surface area contributed by atoms with Crippen molar-refractivity contribution in [2.24, 2.45) is 7.05 Å². The molecule has 7 nitrogen and oxygen atoms in total. The molecule has 0 bridgehead atoms. The molecule has 2 rings (SSSR count). The largest absolute Gasteiger partial charge is 0.383 e. The quantitative estimate of drug-likeness (QED) is 0.609. The molecule has 162 valence electrons. The minimum absolute atomic E-state index is 0.0447. The van der Waals surface area contributed by atoms with Crippen molar-refractivity contribution < 1.29 is 14.3 Å². The Labute approximate surface area is 178 Å². The summed E-state index contributed by atoms with van der Waals surface area (Å²) in [6.07, 6.45) is 3.56. The second kappa shape index (κ2) is 11.2. The summed E-state index contributed by atoms with van der Waals surface area (Å²) in [4.78, 5) is 29.1. The lowest BCUT2D eigenvalue weighted by Crippen LogP contribution is -2.45. The van der Waals surface area contributed by atoms with E-state index in [4.69, 9.17) is 4.74 Å². The molecule has 2 aromatic rings. The molecule has 7 heteroatoms. The Morgan fingerprint density at radius 1 is 1.23 bits per heavy atom. The van der Waals surface area contributed by atoms with Crippen molar-refractivity contribution in [3.63, 3.8) is 0 Å². The fraction of sp³-hybridized carbons (Fsp3) is 0.391. The van der Waals surface area contributed by atoms with E-state index in [1.54, 1.807) is 18.1 Å². The predicted octanol–water partition coefficient (Wildman–Crippen LogP) is 3.34. The molecule has 1 heterocycles. The number of hydrogen-bond donors (Lipinski definition) is 1. The van der Waals surface area contributed by atoms with Crippen LogP contribution in [0.25, 0.3) is 0 Å². The topological polar surface area (TPSA) is 66.8 Å². The van der Waals surface area contributed by atoms with Gasteiger partial charge in [-0.05, 0) is 37.6 Å². The highest BCUT2D eigenvalue weighted by Gasteiger charge is 2.22. The van der Waals surface area contributed by atoms with Gasteiger partial charge in [-0.15, -0.1) is 6.58 Å². The van der Waals surface area contributed by atoms with Crippen LogP contribution in [0.2, 0.25) is 0 Å². The van der Waals surface area contributed by atoms with Crippen molar-refractivity contribution in [3.05, 3.63) is 66.0 Å². The maximum absolute atomic E-state index is 13.0. The number of anilines is 1. The number of amides is 3. The molecule has 0 saturated heterocycles. The maximum atomic E-state index is 13.0. The number of ether oxygens (including phenoxy) is 1. The third kappa shape index (κ3) is 6.49. The number of aryl methyl sites for hydroxylation is 3. The number of carbonyl (C=O) groups excluding carboxylic acids is 2. The summed E-state index contributed by atoms with van der Waals surface area (Å²) in [5.74, 6) is -0.147. The highest BCUT2D eigenvalue weighted by Crippen LogP contribution is 2.17. The van der Waals surface area contributed by atoms with Crippen LogP contribution in [0.4, 0.5) is 10.5 Å². The van der Waals surface area contributed by atoms with E-state index in [-0.39, 0.29) is 25.0 Å². The van der Waals surface area contributed by atoms with Gasteiger partial charge in [0.2, 0.25) is 5.91 Å². The van der Waals surface area contributed by atoms with Gasteiger partial charge >= 0.3 is 6.03 Å². The molecule has 0 unspecified atom stereocenters. The van der Waals surface area contributed by atoms with Crippen molar-refractivity contribution in [3.8, 4) is 0 Å². The van der Waals surface area contributed by atoms with Crippen molar-refractivity contribution in [1.82, 2.24) is 14.4 Å². The number of nitrogens with one attached hydrogen (secondary N) is 1. The molecule has 0 aliphatic rings. The molecule has 0 atom stereocenters. The smallest absolute Gasteiger partial charge is 0.322 e. The zero-order valence-electron chi connectivity index (χ0n) is 18.4. The summed E-state index contributed by atoms with van der Waals surface area (Å²) >= 11 is 0. The molecule has 1 aromatic carbocycles. The average Bonchev–Trinajstić information content (AvgIpc) is 3.11. The van der Waals surface area contributed by atoms with Crippen LogP contribution >= 0.6 is 0 Å². The molecular weight excluding hydrogens is 380 g/mol. The highest BCUT2D eigenvalue weighted by molar-refractivity contribution is 5.93. The van der Waals surface area contributed by atoms with Crippen LogP contribution in [0.15, 0.2) is 49.2 Å². The van der Waals surface area contributed by atoms with E-state index in [0.29, 0.717) is 19.7 Å². The Morgan fingerprint density at radius 2 is 2.00 bits per heavy atom. The minimum atomic E-state index is -0.333. The summed E-state index contributed by atoms with van der Waals surface area (Å²) in [6, 6.07) is 9.40. The van der Waals surface area contributed by atoms with Crippen LogP contribution < -0.4 is 5.32 Å². The van der Waals surface area contributed by atoms with E-state index in [9.17, 15) is 9.59 Å². The summed E-state index contributed by atoms with van der Waals surface area (Å²) in [7, 11) is 3.54. The molecule has 1 N–H and O–H groups in total. The molecule has 0 spiro atoms. The first-order valence-electron chi connectivity index (χ1n) is 9.96. The van der Waals surface area contributed by atoms with Gasteiger partial charge in [0.05, 0.1) is 13.2 Å². The summed E-state index contributed by atoms with van der Waals surface area (Å²) in [6.45, 7) is 9.21. The Balaban J connectivity index is 2.10. The number of hydrogen-bond acceptors (Lipinski definition) is 3. The average molecular weight is 413 g/mol. The van der Waals surface area contributed by atoms with E-state index >= 15 is 0 Å². The Hall–Kier alpha value is -3.06. The van der Waals surface area contributed by atoms with Gasteiger partial charge < -0.3 is 24.4 Å². The molecule has 0 fully saturated rings. The first kappa shape index (κ1) is 23.2. The van der Waals surface area contributed by atoms with Crippen LogP contribution in [-0.2, 0) is 23.1 Å². The predicted molar refractivity (Wildman–Crippen MR) is 119 cm³/mol. The van der Waals surface area contributed by atoms with Crippen molar-refractivity contribution in [2.75, 3.05) is 38.7 Å². The monoisotopic (exact) mass is 412 g/mol. The molecule has 0 saturated carbocycles. The van der Waals surface area contributed by atoms with Crippen LogP contribution in [0.5, 0.6) is 0 Å². The van der Waals surface area contributed by atoms with E-state index in [2.05, 4.69) is 11.9 Å². The third-order valence-corrected chi connectivity index (χ3v) is 4.91. The summed E-state index contributed by atoms with van der Waals surface area (Å²) < 4.78 is 7.14. The van der Waals surface area contributed by atoms with Crippen molar-refractivity contribution in [1.29, 1.82) is 0 Å². The molecular formula is C23H32N4O3. The van der Waals surface area contributed by atoms with Gasteiger partial charge in [-0.1, -0.05) is 23.8 Å². The molecule has 3 amide bonds. The summed E-state index contributed by atoms with van der Waals surface area (Å²) in [5.41, 5.74) is 3.83. The minimum Gasteiger partial charge on any atom is -0.383 e. The van der Waals surface area contributed by atoms with Crippen LogP contribution in [0.1, 0.15) is 16.8 Å². The number of aromatic nitrogens is 1. The Kier molecular flexibility index (Phi) is 8.68. The van der Waals surface area contributed by atoms with Crippen molar-refractivity contribution >= 4 is 17.6 Å². The third-order valence-electron chi connectivity index (χ3n) is 4.91. The van der Waals surface area contributed by atoms with Gasteiger partial charge in [0.1, 0.15) is 6.54 Å². The standard InChI is InChI=1S/C23H32N4O3/c1-6-11-27(23(29)24-21-10-9-18(2)15-19(21)3)17-22(28)26(13-14-30-5)16-20-8-7-12-25(20)4/h6-10,12,15H,1,11,13-14,16-17H2,2-5H3,(H,24,29). The lowest BCUT2D eigenvalue weighted by molar-refractivity contribution is -0.133. The number of carbonyl (C=O) groups is 2. The van der Waals surface area contributed by atoms with Crippen LogP contribution in [0, 0.1) is 13.8 Å². The zero-order chi connectivity index (χ0) is 22.1. The number of methoxy groups -OCH3 is 1. The number of rotatable bonds is 10. The van der Waals surface area contributed by atoms with Gasteiger partial charge in [0.25, 0.3) is 0 Å². The normalized spacial score (nSPS) is 10.5. The molecule has 0 aliphatic heterocycles. The fourth-order valence-corrected chi connectivity index (χ4v) is 3.14. The van der Waals surface area contributed by atoms with E-state index in [0.717, 1.165) is 22.5 Å². The summed E-state index contributed by atoms with van der Waals surface area (Å²) in [5, 5.41) is 2.90. The van der Waals surface area contributed by atoms with Gasteiger partial charge in [0.15, 0.2) is 0 Å². The van der Waals surface area contributed by atoms with Crippen molar-refractivity contribution in [2.45, 2.75) is 20.4 Å². The highest BCUT2D eigenvalue weighted by atomic mass is 16.5. The Morgan fingerprint density at radius 3 is 2.60 bits per heavy atom. The lowest BCUT2D eigenvalue weighted by atomic mass is 10.1. The maximum Gasteiger partial charge on any atom is 0.322 e. The van der Waals surface area contributed by atoms with E-state index in [1.165, 1.54) is 4.90 Å². The number of nitrogens with zero attached hydrogens (tertiary/aromatic N) is 3. The van der Waals surface area contributed by atoms with Gasteiger partial charge in [-0.25, -0.2) is 4.79 Å². The SMILES string of the molecule is C=CCN(CC(=O)N(CCOC)Cc1cccn1C)C(=O)Nc1ccc(C)cc1C. The molecule has 30 heavy (non-hydrogen) atoms. The second-order valence-corrected chi connectivity index (χ2v) is 7.34. The first-order chi connectivity index (χ1) is 14.3. The zero-order valence-corrected chi connectivity index (χ0v) is 18.4.